The predicted molar refractivity (Wildman–Crippen MR) is 67.1 cm³/mol. The number of rotatable bonds is 5. The summed E-state index contributed by atoms with van der Waals surface area (Å²) >= 11 is 0. The maximum absolute atomic E-state index is 11.4. The lowest BCUT2D eigenvalue weighted by Gasteiger charge is -2.09. The highest BCUT2D eigenvalue weighted by Crippen LogP contribution is 2.17. The van der Waals surface area contributed by atoms with Gasteiger partial charge in [0, 0.05) is 0 Å². The second-order valence-electron chi connectivity index (χ2n) is 3.61. The van der Waals surface area contributed by atoms with E-state index in [0.29, 0.717) is 11.3 Å². The van der Waals surface area contributed by atoms with Gasteiger partial charge in [-0.25, -0.2) is 4.79 Å². The van der Waals surface area contributed by atoms with Gasteiger partial charge in [0.15, 0.2) is 12.4 Å². The Hall–Kier alpha value is -2.37. The number of hydrogen-bond acceptors (Lipinski definition) is 5. The van der Waals surface area contributed by atoms with E-state index in [0.717, 1.165) is 0 Å². The highest BCUT2D eigenvalue weighted by molar-refractivity contribution is 5.97. The van der Waals surface area contributed by atoms with Gasteiger partial charge in [0.05, 0.1) is 12.2 Å². The highest BCUT2D eigenvalue weighted by Gasteiger charge is 2.11. The van der Waals surface area contributed by atoms with E-state index in [1.54, 1.807) is 31.2 Å². The summed E-state index contributed by atoms with van der Waals surface area (Å²) in [6.45, 7) is 2.83. The summed E-state index contributed by atoms with van der Waals surface area (Å²) < 4.78 is 9.74. The van der Waals surface area contributed by atoms with E-state index in [9.17, 15) is 14.4 Å². The van der Waals surface area contributed by atoms with E-state index in [-0.39, 0.29) is 19.0 Å². The number of alkyl carbamates (subject to hydrolysis) is 1. The fourth-order valence-electron chi connectivity index (χ4n) is 1.34. The molecule has 2 amide bonds. The summed E-state index contributed by atoms with van der Waals surface area (Å²) in [5.74, 6) is -0.507. The topological polar surface area (TPSA) is 81.7 Å². The van der Waals surface area contributed by atoms with Gasteiger partial charge in [0.25, 0.3) is 5.91 Å². The Morgan fingerprint density at radius 2 is 1.89 bits per heavy atom. The van der Waals surface area contributed by atoms with Crippen LogP contribution in [0.2, 0.25) is 0 Å². The fourth-order valence-corrected chi connectivity index (χ4v) is 1.34. The molecule has 6 nitrogen and oxygen atoms in total. The lowest BCUT2D eigenvalue weighted by molar-refractivity contribution is -0.122. The van der Waals surface area contributed by atoms with Crippen molar-refractivity contribution in [3.8, 4) is 5.75 Å². The van der Waals surface area contributed by atoms with Crippen LogP contribution >= 0.6 is 0 Å². The normalized spacial score (nSPS) is 9.58. The smallest absolute Gasteiger partial charge is 0.413 e. The van der Waals surface area contributed by atoms with Crippen molar-refractivity contribution in [1.82, 2.24) is 5.32 Å². The second kappa shape index (κ2) is 7.15. The molecular weight excluding hydrogens is 250 g/mol. The van der Waals surface area contributed by atoms with E-state index in [1.807, 2.05) is 5.32 Å². The molecule has 1 N–H and O–H groups in total. The molecule has 1 aromatic carbocycles. The summed E-state index contributed by atoms with van der Waals surface area (Å²) in [6, 6.07) is 6.56. The second-order valence-corrected chi connectivity index (χ2v) is 3.61. The minimum absolute atomic E-state index is 0.165. The van der Waals surface area contributed by atoms with Gasteiger partial charge < -0.3 is 9.47 Å². The molecule has 19 heavy (non-hydrogen) atoms. The molecule has 0 spiro atoms. The van der Waals surface area contributed by atoms with Crippen molar-refractivity contribution in [1.29, 1.82) is 0 Å². The molecule has 1 rings (SSSR count). The van der Waals surface area contributed by atoms with E-state index in [1.165, 1.54) is 6.92 Å². The van der Waals surface area contributed by atoms with E-state index in [4.69, 9.17) is 4.74 Å². The number of nitrogens with one attached hydrogen (secondary N) is 1. The summed E-state index contributed by atoms with van der Waals surface area (Å²) in [5.41, 5.74) is 0.381. The van der Waals surface area contributed by atoms with Crippen LogP contribution in [-0.2, 0) is 9.53 Å². The Bertz CT molecular complexity index is 484. The molecule has 0 fully saturated rings. The van der Waals surface area contributed by atoms with Gasteiger partial charge in [-0.1, -0.05) is 12.1 Å². The Morgan fingerprint density at radius 1 is 1.21 bits per heavy atom. The molecule has 1 aromatic rings. The van der Waals surface area contributed by atoms with Gasteiger partial charge in [-0.2, -0.15) is 0 Å². The summed E-state index contributed by atoms with van der Waals surface area (Å²) in [5, 5.41) is 1.99. The number of amides is 2. The number of Topliss-reactive ketones (excluding diaryl/α,β-unsaturated/α-hetero) is 1. The monoisotopic (exact) mass is 265 g/mol. The van der Waals surface area contributed by atoms with Gasteiger partial charge in [-0.05, 0) is 26.0 Å². The Morgan fingerprint density at radius 3 is 2.53 bits per heavy atom. The molecular formula is C13H15NO5. The van der Waals surface area contributed by atoms with Crippen LogP contribution in [0, 0.1) is 0 Å². The van der Waals surface area contributed by atoms with Crippen LogP contribution < -0.4 is 10.1 Å². The van der Waals surface area contributed by atoms with Crippen molar-refractivity contribution < 1.29 is 23.9 Å². The molecule has 0 atom stereocenters. The van der Waals surface area contributed by atoms with Crippen LogP contribution in [0.5, 0.6) is 5.75 Å². The molecule has 0 saturated heterocycles. The van der Waals surface area contributed by atoms with Crippen LogP contribution in [0.4, 0.5) is 4.79 Å². The zero-order chi connectivity index (χ0) is 14.3. The molecule has 0 heterocycles. The molecule has 0 aliphatic rings. The first-order valence-corrected chi connectivity index (χ1v) is 5.74. The van der Waals surface area contributed by atoms with E-state index >= 15 is 0 Å². The van der Waals surface area contributed by atoms with Crippen LogP contribution in [-0.4, -0.2) is 31.0 Å². The Kier molecular flexibility index (Phi) is 5.53. The van der Waals surface area contributed by atoms with Crippen LogP contribution in [0.15, 0.2) is 24.3 Å². The van der Waals surface area contributed by atoms with Crippen LogP contribution in [0.3, 0.4) is 0 Å². The summed E-state index contributed by atoms with van der Waals surface area (Å²) in [6.07, 6.45) is -0.823. The zero-order valence-corrected chi connectivity index (χ0v) is 10.8. The Labute approximate surface area is 110 Å². The zero-order valence-electron chi connectivity index (χ0n) is 10.8. The summed E-state index contributed by atoms with van der Waals surface area (Å²) in [4.78, 5) is 33.7. The van der Waals surface area contributed by atoms with Crippen LogP contribution in [0.1, 0.15) is 24.2 Å². The third kappa shape index (κ3) is 4.79. The Balaban J connectivity index is 2.55. The maximum atomic E-state index is 11.4. The fraction of sp³-hybridized carbons (Fsp3) is 0.308. The van der Waals surface area contributed by atoms with Crippen LogP contribution in [0.25, 0.3) is 0 Å². The minimum atomic E-state index is -0.823. The average molecular weight is 265 g/mol. The lowest BCUT2D eigenvalue weighted by atomic mass is 10.1. The van der Waals surface area contributed by atoms with Crippen molar-refractivity contribution in [3.05, 3.63) is 29.8 Å². The average Bonchev–Trinajstić information content (AvgIpc) is 2.36. The lowest BCUT2D eigenvalue weighted by Crippen LogP contribution is -2.34. The first-order valence-electron chi connectivity index (χ1n) is 5.74. The third-order valence-electron chi connectivity index (χ3n) is 2.14. The first-order chi connectivity index (χ1) is 9.04. The van der Waals surface area contributed by atoms with Gasteiger partial charge in [0.2, 0.25) is 0 Å². The third-order valence-corrected chi connectivity index (χ3v) is 2.14. The quantitative estimate of drug-likeness (QED) is 0.817. The van der Waals surface area contributed by atoms with Gasteiger partial charge in [-0.15, -0.1) is 0 Å². The van der Waals surface area contributed by atoms with Crippen molar-refractivity contribution in [2.45, 2.75) is 13.8 Å². The molecule has 0 saturated carbocycles. The van der Waals surface area contributed by atoms with Crippen molar-refractivity contribution in [2.75, 3.05) is 13.2 Å². The number of imide groups is 1. The number of ketones is 1. The first kappa shape index (κ1) is 14.7. The van der Waals surface area contributed by atoms with Crippen molar-refractivity contribution in [2.24, 2.45) is 0 Å². The van der Waals surface area contributed by atoms with Crippen molar-refractivity contribution in [3.63, 3.8) is 0 Å². The molecule has 102 valence electrons. The van der Waals surface area contributed by atoms with E-state index < -0.39 is 12.0 Å². The molecule has 6 heteroatoms. The highest BCUT2D eigenvalue weighted by atomic mass is 16.5. The number of carbonyl (C=O) groups excluding carboxylic acids is 3. The minimum Gasteiger partial charge on any atom is -0.483 e. The largest absolute Gasteiger partial charge is 0.483 e. The molecule has 0 bridgehead atoms. The number of ether oxygens (including phenoxy) is 2. The molecule has 0 aliphatic heterocycles. The molecule has 0 aromatic heterocycles. The molecule has 0 radical (unpaired) electrons. The SMILES string of the molecule is CCOC(=O)NC(=O)COc1ccccc1C(C)=O. The van der Waals surface area contributed by atoms with Gasteiger partial charge in [-0.3, -0.25) is 14.9 Å². The molecule has 0 unspecified atom stereocenters. The van der Waals surface area contributed by atoms with Crippen molar-refractivity contribution >= 4 is 17.8 Å². The number of para-hydroxylation sites is 1. The molecule has 0 aliphatic carbocycles. The standard InChI is InChI=1S/C13H15NO5/c1-3-18-13(17)14-12(16)8-19-11-7-5-4-6-10(11)9(2)15/h4-7H,3,8H2,1-2H3,(H,14,16,17). The maximum Gasteiger partial charge on any atom is 0.413 e. The van der Waals surface area contributed by atoms with E-state index in [2.05, 4.69) is 4.74 Å². The summed E-state index contributed by atoms with van der Waals surface area (Å²) in [7, 11) is 0. The number of carbonyl (C=O) groups is 3. The predicted octanol–water partition coefficient (Wildman–Crippen LogP) is 1.54. The van der Waals surface area contributed by atoms with Gasteiger partial charge >= 0.3 is 6.09 Å². The number of benzene rings is 1. The van der Waals surface area contributed by atoms with Gasteiger partial charge in [0.1, 0.15) is 5.75 Å². The number of hydrogen-bond donors (Lipinski definition) is 1.